The highest BCUT2D eigenvalue weighted by atomic mass is 16.7. The first-order chi connectivity index (χ1) is 6.43. The molecule has 3 rings (SSSR count). The predicted octanol–water partition coefficient (Wildman–Crippen LogP) is 1.45. The average Bonchev–Trinajstić information content (AvgIpc) is 2.47. The van der Waals surface area contributed by atoms with E-state index in [1.165, 1.54) is 12.0 Å². The Kier molecular flexibility index (Phi) is 1.46. The number of hydrogen-bond donors (Lipinski definition) is 1. The molecule has 0 aliphatic carbocycles. The van der Waals surface area contributed by atoms with Gasteiger partial charge in [-0.2, -0.15) is 0 Å². The van der Waals surface area contributed by atoms with Crippen molar-refractivity contribution in [1.29, 1.82) is 0 Å². The van der Waals surface area contributed by atoms with Crippen LogP contribution >= 0.6 is 0 Å². The van der Waals surface area contributed by atoms with Crippen molar-refractivity contribution in [2.24, 2.45) is 0 Å². The van der Waals surface area contributed by atoms with Gasteiger partial charge in [0.05, 0.1) is 0 Å². The summed E-state index contributed by atoms with van der Waals surface area (Å²) in [5.41, 5.74) is 1.30. The van der Waals surface area contributed by atoms with Gasteiger partial charge in [0.25, 0.3) is 0 Å². The van der Waals surface area contributed by atoms with Crippen LogP contribution in [0.4, 0.5) is 0 Å². The summed E-state index contributed by atoms with van der Waals surface area (Å²) in [5, 5.41) is 3.36. The van der Waals surface area contributed by atoms with Crippen molar-refractivity contribution in [3.63, 3.8) is 0 Å². The lowest BCUT2D eigenvalue weighted by Crippen LogP contribution is -2.34. The number of fused-ring (bicyclic) bond motifs is 1. The molecule has 1 N–H and O–H groups in total. The summed E-state index contributed by atoms with van der Waals surface area (Å²) in [6.07, 6.45) is 1.22. The SMILES string of the molecule is c1cc2c(cc1[C@H]1CCN1)OCO2. The molecule has 3 nitrogen and oxygen atoms in total. The molecular weight excluding hydrogens is 166 g/mol. The molecule has 1 aromatic rings. The Morgan fingerprint density at radius 2 is 2.08 bits per heavy atom. The molecule has 0 amide bonds. The Labute approximate surface area is 76.7 Å². The van der Waals surface area contributed by atoms with E-state index in [-0.39, 0.29) is 0 Å². The van der Waals surface area contributed by atoms with Crippen LogP contribution in [0.15, 0.2) is 18.2 Å². The van der Waals surface area contributed by atoms with Crippen LogP contribution in [0.1, 0.15) is 18.0 Å². The maximum Gasteiger partial charge on any atom is 0.231 e. The minimum absolute atomic E-state index is 0.358. The van der Waals surface area contributed by atoms with E-state index in [0.717, 1.165) is 18.0 Å². The van der Waals surface area contributed by atoms with Crippen LogP contribution in [0.2, 0.25) is 0 Å². The standard InChI is InChI=1S/C10H11NO2/c1-2-9-10(13-6-12-9)5-7(1)8-3-4-11-8/h1-2,5,8,11H,3-4,6H2/t8-/m1/s1. The Hall–Kier alpha value is -1.22. The molecule has 0 bridgehead atoms. The van der Waals surface area contributed by atoms with Gasteiger partial charge in [0, 0.05) is 6.04 Å². The van der Waals surface area contributed by atoms with E-state index in [2.05, 4.69) is 17.4 Å². The zero-order chi connectivity index (χ0) is 8.67. The zero-order valence-corrected chi connectivity index (χ0v) is 7.25. The number of benzene rings is 1. The van der Waals surface area contributed by atoms with E-state index < -0.39 is 0 Å². The molecule has 1 aromatic carbocycles. The molecule has 1 fully saturated rings. The van der Waals surface area contributed by atoms with Gasteiger partial charge in [0.1, 0.15) is 0 Å². The van der Waals surface area contributed by atoms with Crippen LogP contribution in [0.25, 0.3) is 0 Å². The molecule has 68 valence electrons. The Balaban J connectivity index is 1.95. The second-order valence-corrected chi connectivity index (χ2v) is 3.41. The number of ether oxygens (including phenoxy) is 2. The van der Waals surface area contributed by atoms with E-state index in [4.69, 9.17) is 9.47 Å². The summed E-state index contributed by atoms with van der Waals surface area (Å²) in [7, 11) is 0. The van der Waals surface area contributed by atoms with Gasteiger partial charge in [0.2, 0.25) is 6.79 Å². The molecule has 2 aliphatic heterocycles. The largest absolute Gasteiger partial charge is 0.454 e. The fourth-order valence-corrected chi connectivity index (χ4v) is 1.70. The monoisotopic (exact) mass is 177 g/mol. The third-order valence-electron chi connectivity index (χ3n) is 2.62. The third-order valence-corrected chi connectivity index (χ3v) is 2.62. The topological polar surface area (TPSA) is 30.5 Å². The first-order valence-electron chi connectivity index (χ1n) is 4.56. The highest BCUT2D eigenvalue weighted by Crippen LogP contribution is 2.35. The molecule has 2 heterocycles. The van der Waals surface area contributed by atoms with Gasteiger partial charge in [0.15, 0.2) is 11.5 Å². The number of hydrogen-bond acceptors (Lipinski definition) is 3. The fourth-order valence-electron chi connectivity index (χ4n) is 1.70. The second-order valence-electron chi connectivity index (χ2n) is 3.41. The Morgan fingerprint density at radius 1 is 1.23 bits per heavy atom. The zero-order valence-electron chi connectivity index (χ0n) is 7.25. The molecule has 0 saturated carbocycles. The highest BCUT2D eigenvalue weighted by molar-refractivity contribution is 5.45. The second kappa shape index (κ2) is 2.64. The molecule has 1 atom stereocenters. The lowest BCUT2D eigenvalue weighted by Gasteiger charge is -2.28. The molecule has 0 unspecified atom stereocenters. The minimum atomic E-state index is 0.358. The summed E-state index contributed by atoms with van der Waals surface area (Å²) in [4.78, 5) is 0. The number of rotatable bonds is 1. The third kappa shape index (κ3) is 1.08. The van der Waals surface area contributed by atoms with E-state index in [0.29, 0.717) is 12.8 Å². The molecule has 3 heteroatoms. The summed E-state index contributed by atoms with van der Waals surface area (Å²) in [6.45, 7) is 1.48. The van der Waals surface area contributed by atoms with Gasteiger partial charge in [-0.25, -0.2) is 0 Å². The predicted molar refractivity (Wildman–Crippen MR) is 47.9 cm³/mol. The normalized spacial score (nSPS) is 24.2. The first kappa shape index (κ1) is 7.21. The molecule has 13 heavy (non-hydrogen) atoms. The van der Waals surface area contributed by atoms with E-state index in [9.17, 15) is 0 Å². The van der Waals surface area contributed by atoms with Crippen LogP contribution in [0, 0.1) is 0 Å². The van der Waals surface area contributed by atoms with Gasteiger partial charge in [-0.3, -0.25) is 0 Å². The van der Waals surface area contributed by atoms with E-state index in [1.807, 2.05) is 6.07 Å². The molecular formula is C10H11NO2. The Morgan fingerprint density at radius 3 is 2.85 bits per heavy atom. The van der Waals surface area contributed by atoms with Crippen molar-refractivity contribution in [3.05, 3.63) is 23.8 Å². The van der Waals surface area contributed by atoms with Crippen molar-refractivity contribution >= 4 is 0 Å². The van der Waals surface area contributed by atoms with Gasteiger partial charge in [-0.15, -0.1) is 0 Å². The van der Waals surface area contributed by atoms with Crippen LogP contribution in [-0.2, 0) is 0 Å². The Bertz CT molecular complexity index is 334. The number of nitrogens with one attached hydrogen (secondary N) is 1. The van der Waals surface area contributed by atoms with Crippen molar-refractivity contribution in [2.45, 2.75) is 12.5 Å². The summed E-state index contributed by atoms with van der Waals surface area (Å²) in [5.74, 6) is 1.74. The lowest BCUT2D eigenvalue weighted by molar-refractivity contribution is 0.174. The van der Waals surface area contributed by atoms with Gasteiger partial charge in [-0.05, 0) is 30.7 Å². The molecule has 1 saturated heterocycles. The van der Waals surface area contributed by atoms with Crippen LogP contribution < -0.4 is 14.8 Å². The maximum atomic E-state index is 5.31. The fraction of sp³-hybridized carbons (Fsp3) is 0.400. The maximum absolute atomic E-state index is 5.31. The van der Waals surface area contributed by atoms with Gasteiger partial charge >= 0.3 is 0 Å². The summed E-state index contributed by atoms with van der Waals surface area (Å²) >= 11 is 0. The molecule has 2 aliphatic rings. The van der Waals surface area contributed by atoms with Crippen molar-refractivity contribution < 1.29 is 9.47 Å². The van der Waals surface area contributed by atoms with Gasteiger partial charge < -0.3 is 14.8 Å². The average molecular weight is 177 g/mol. The minimum Gasteiger partial charge on any atom is -0.454 e. The summed E-state index contributed by atoms with van der Waals surface area (Å²) < 4.78 is 10.6. The highest BCUT2D eigenvalue weighted by Gasteiger charge is 2.21. The van der Waals surface area contributed by atoms with Crippen LogP contribution in [0.5, 0.6) is 11.5 Å². The van der Waals surface area contributed by atoms with Crippen LogP contribution in [-0.4, -0.2) is 13.3 Å². The summed E-state index contributed by atoms with van der Waals surface area (Å²) in [6, 6.07) is 6.68. The quantitative estimate of drug-likeness (QED) is 0.704. The van der Waals surface area contributed by atoms with E-state index in [1.54, 1.807) is 0 Å². The molecule has 0 spiro atoms. The van der Waals surface area contributed by atoms with Crippen molar-refractivity contribution in [3.8, 4) is 11.5 Å². The lowest BCUT2D eigenvalue weighted by atomic mass is 9.98. The molecule has 0 radical (unpaired) electrons. The van der Waals surface area contributed by atoms with Crippen LogP contribution in [0.3, 0.4) is 0 Å². The van der Waals surface area contributed by atoms with E-state index >= 15 is 0 Å². The van der Waals surface area contributed by atoms with Gasteiger partial charge in [-0.1, -0.05) is 6.07 Å². The van der Waals surface area contributed by atoms with Crippen molar-refractivity contribution in [1.82, 2.24) is 5.32 Å². The van der Waals surface area contributed by atoms with Crippen molar-refractivity contribution in [2.75, 3.05) is 13.3 Å². The first-order valence-corrected chi connectivity index (χ1v) is 4.56. The molecule has 0 aromatic heterocycles. The smallest absolute Gasteiger partial charge is 0.231 e.